The molecular weight excluding hydrogens is 236 g/mol. The van der Waals surface area contributed by atoms with E-state index < -0.39 is 5.91 Å². The molecule has 0 aliphatic carbocycles. The fraction of sp³-hybridized carbons (Fsp3) is 0.333. The molecule has 0 saturated carbocycles. The number of rotatable bonds is 2. The summed E-state index contributed by atoms with van der Waals surface area (Å²) >= 11 is 0. The van der Waals surface area contributed by atoms with Gasteiger partial charge >= 0.3 is 0 Å². The summed E-state index contributed by atoms with van der Waals surface area (Å²) in [4.78, 5) is 24.6. The molecule has 6 nitrogen and oxygen atoms in total. The van der Waals surface area contributed by atoms with Crippen molar-refractivity contribution in [1.29, 1.82) is 0 Å². The van der Waals surface area contributed by atoms with Crippen molar-refractivity contribution in [3.63, 3.8) is 0 Å². The van der Waals surface area contributed by atoms with Crippen molar-refractivity contribution in [2.45, 2.75) is 6.42 Å². The third-order valence-corrected chi connectivity index (χ3v) is 3.03. The average Bonchev–Trinajstić information content (AvgIpc) is 2.75. The number of hydrogen-bond donors (Lipinski definition) is 3. The normalized spacial score (nSPS) is 18.9. The van der Waals surface area contributed by atoms with Gasteiger partial charge in [-0.25, -0.2) is 0 Å². The van der Waals surface area contributed by atoms with Gasteiger partial charge in [-0.2, -0.15) is 0 Å². The van der Waals surface area contributed by atoms with Crippen LogP contribution in [0.25, 0.3) is 0 Å². The topological polar surface area (TPSA) is 104 Å². The van der Waals surface area contributed by atoms with E-state index in [1.807, 2.05) is 0 Å². The predicted octanol–water partition coefficient (Wildman–Crippen LogP) is 0.0452. The van der Waals surface area contributed by atoms with Gasteiger partial charge in [0.05, 0.1) is 5.92 Å². The van der Waals surface area contributed by atoms with Gasteiger partial charge in [-0.3, -0.25) is 9.59 Å². The van der Waals surface area contributed by atoms with Crippen LogP contribution in [-0.4, -0.2) is 40.0 Å². The van der Waals surface area contributed by atoms with E-state index in [9.17, 15) is 19.8 Å². The number of hydrogen-bond acceptors (Lipinski definition) is 4. The second kappa shape index (κ2) is 4.56. The third-order valence-electron chi connectivity index (χ3n) is 3.03. The standard InChI is InChI=1S/C12H14N2O4/c13-11(17)7-1-2-14(6-7)12(18)8-3-9(15)5-10(16)4-8/h3-5,7,15-16H,1-2,6H2,(H2,13,17). The number of benzene rings is 1. The SMILES string of the molecule is NC(=O)C1CCN(C(=O)c2cc(O)cc(O)c2)C1. The van der Waals surface area contributed by atoms with Crippen LogP contribution in [0.2, 0.25) is 0 Å². The molecule has 0 aromatic heterocycles. The zero-order valence-corrected chi connectivity index (χ0v) is 9.67. The molecule has 1 heterocycles. The van der Waals surface area contributed by atoms with Crippen LogP contribution in [0.4, 0.5) is 0 Å². The number of likely N-dealkylation sites (tertiary alicyclic amines) is 1. The van der Waals surface area contributed by atoms with Crippen LogP contribution in [0.15, 0.2) is 18.2 Å². The highest BCUT2D eigenvalue weighted by Crippen LogP contribution is 2.24. The lowest BCUT2D eigenvalue weighted by Crippen LogP contribution is -2.31. The summed E-state index contributed by atoms with van der Waals surface area (Å²) in [7, 11) is 0. The minimum atomic E-state index is -0.413. The Hall–Kier alpha value is -2.24. The first-order valence-electron chi connectivity index (χ1n) is 5.59. The van der Waals surface area contributed by atoms with Crippen molar-refractivity contribution >= 4 is 11.8 Å². The number of phenols is 2. The van der Waals surface area contributed by atoms with Crippen molar-refractivity contribution in [3.8, 4) is 11.5 Å². The first-order valence-corrected chi connectivity index (χ1v) is 5.59. The molecule has 96 valence electrons. The van der Waals surface area contributed by atoms with Crippen LogP contribution in [0.3, 0.4) is 0 Å². The van der Waals surface area contributed by atoms with Gasteiger partial charge in [-0.15, -0.1) is 0 Å². The molecule has 2 amide bonds. The maximum Gasteiger partial charge on any atom is 0.254 e. The molecule has 1 aromatic carbocycles. The van der Waals surface area contributed by atoms with Crippen LogP contribution < -0.4 is 5.73 Å². The number of carbonyl (C=O) groups excluding carboxylic acids is 2. The summed E-state index contributed by atoms with van der Waals surface area (Å²) in [6.07, 6.45) is 0.547. The van der Waals surface area contributed by atoms with E-state index in [-0.39, 0.29) is 35.4 Å². The molecule has 1 aliphatic heterocycles. The molecule has 2 rings (SSSR count). The molecule has 6 heteroatoms. The molecular formula is C12H14N2O4. The minimum absolute atomic E-state index is 0.177. The number of nitrogens with zero attached hydrogens (tertiary/aromatic N) is 1. The van der Waals surface area contributed by atoms with Crippen molar-refractivity contribution in [1.82, 2.24) is 4.90 Å². The molecule has 4 N–H and O–H groups in total. The number of primary amides is 1. The molecule has 0 bridgehead atoms. The molecule has 1 unspecified atom stereocenters. The van der Waals surface area contributed by atoms with Crippen LogP contribution in [0.5, 0.6) is 11.5 Å². The number of phenolic OH excluding ortho intramolecular Hbond substituents is 2. The van der Waals surface area contributed by atoms with Gasteiger partial charge in [-0.1, -0.05) is 0 Å². The summed E-state index contributed by atoms with van der Waals surface area (Å²) < 4.78 is 0. The lowest BCUT2D eigenvalue weighted by Gasteiger charge is -2.16. The molecule has 1 saturated heterocycles. The van der Waals surface area contributed by atoms with E-state index in [1.54, 1.807) is 0 Å². The monoisotopic (exact) mass is 250 g/mol. The first-order chi connectivity index (χ1) is 8.47. The highest BCUT2D eigenvalue weighted by molar-refractivity contribution is 5.95. The molecule has 0 spiro atoms. The fourth-order valence-electron chi connectivity index (χ4n) is 2.08. The van der Waals surface area contributed by atoms with Crippen molar-refractivity contribution in [2.75, 3.05) is 13.1 Å². The van der Waals surface area contributed by atoms with Crippen molar-refractivity contribution in [3.05, 3.63) is 23.8 Å². The van der Waals surface area contributed by atoms with Crippen LogP contribution in [-0.2, 0) is 4.79 Å². The summed E-state index contributed by atoms with van der Waals surface area (Å²) in [5.74, 6) is -1.41. The Morgan fingerprint density at radius 1 is 1.22 bits per heavy atom. The minimum Gasteiger partial charge on any atom is -0.508 e. The molecule has 1 atom stereocenters. The number of nitrogens with two attached hydrogens (primary N) is 1. The van der Waals surface area contributed by atoms with E-state index in [2.05, 4.69) is 0 Å². The Balaban J connectivity index is 2.15. The first kappa shape index (κ1) is 12.2. The summed E-state index contributed by atoms with van der Waals surface area (Å²) in [5, 5.41) is 18.6. The summed E-state index contributed by atoms with van der Waals surface area (Å²) in [5.41, 5.74) is 5.38. The van der Waals surface area contributed by atoms with Crippen LogP contribution in [0.1, 0.15) is 16.8 Å². The molecule has 18 heavy (non-hydrogen) atoms. The Bertz CT molecular complexity index is 481. The maximum absolute atomic E-state index is 12.1. The highest BCUT2D eigenvalue weighted by Gasteiger charge is 2.30. The van der Waals surface area contributed by atoms with Gasteiger partial charge in [0.15, 0.2) is 0 Å². The number of aromatic hydroxyl groups is 2. The Morgan fingerprint density at radius 3 is 2.33 bits per heavy atom. The van der Waals surface area contributed by atoms with E-state index in [0.29, 0.717) is 13.0 Å². The molecule has 0 radical (unpaired) electrons. The zero-order chi connectivity index (χ0) is 13.3. The smallest absolute Gasteiger partial charge is 0.254 e. The van der Waals surface area contributed by atoms with E-state index in [1.165, 1.54) is 17.0 Å². The van der Waals surface area contributed by atoms with Crippen LogP contribution in [0, 0.1) is 5.92 Å². The largest absolute Gasteiger partial charge is 0.508 e. The lowest BCUT2D eigenvalue weighted by molar-refractivity contribution is -0.121. The zero-order valence-electron chi connectivity index (χ0n) is 9.67. The van der Waals surface area contributed by atoms with E-state index in [0.717, 1.165) is 6.07 Å². The van der Waals surface area contributed by atoms with Crippen molar-refractivity contribution < 1.29 is 19.8 Å². The fourth-order valence-corrected chi connectivity index (χ4v) is 2.08. The molecule has 1 aliphatic rings. The van der Waals surface area contributed by atoms with Gasteiger partial charge in [-0.05, 0) is 18.6 Å². The van der Waals surface area contributed by atoms with Crippen LogP contribution >= 0.6 is 0 Å². The van der Waals surface area contributed by atoms with Gasteiger partial charge in [0, 0.05) is 24.7 Å². The van der Waals surface area contributed by atoms with E-state index in [4.69, 9.17) is 5.73 Å². The quantitative estimate of drug-likeness (QED) is 0.689. The Labute approximate surface area is 104 Å². The van der Waals surface area contributed by atoms with Gasteiger partial charge in [0.1, 0.15) is 11.5 Å². The second-order valence-corrected chi connectivity index (χ2v) is 4.38. The highest BCUT2D eigenvalue weighted by atomic mass is 16.3. The van der Waals surface area contributed by atoms with Gasteiger partial charge in [0.25, 0.3) is 5.91 Å². The summed E-state index contributed by atoms with van der Waals surface area (Å²) in [6, 6.07) is 3.70. The lowest BCUT2D eigenvalue weighted by atomic mass is 10.1. The Morgan fingerprint density at radius 2 is 1.83 bits per heavy atom. The second-order valence-electron chi connectivity index (χ2n) is 4.38. The van der Waals surface area contributed by atoms with Crippen molar-refractivity contribution in [2.24, 2.45) is 11.7 Å². The number of amides is 2. The Kier molecular flexibility index (Phi) is 3.10. The predicted molar refractivity (Wildman–Crippen MR) is 63.0 cm³/mol. The van der Waals surface area contributed by atoms with Gasteiger partial charge in [0.2, 0.25) is 5.91 Å². The van der Waals surface area contributed by atoms with E-state index >= 15 is 0 Å². The third kappa shape index (κ3) is 2.37. The average molecular weight is 250 g/mol. The van der Waals surface area contributed by atoms with Gasteiger partial charge < -0.3 is 20.8 Å². The molecule has 1 aromatic rings. The molecule has 1 fully saturated rings. The summed E-state index contributed by atoms with van der Waals surface area (Å²) in [6.45, 7) is 0.730. The number of carbonyl (C=O) groups is 2. The maximum atomic E-state index is 12.1.